The number of hydrogen-bond donors (Lipinski definition) is 2. The fourth-order valence-corrected chi connectivity index (χ4v) is 3.70. The summed E-state index contributed by atoms with van der Waals surface area (Å²) in [5, 5.41) is 17.8. The van der Waals surface area contributed by atoms with E-state index in [0.717, 1.165) is 22.0 Å². The Labute approximate surface area is 146 Å². The number of aryl methyl sites for hydroxylation is 1. The molecular formula is C15H12N6OS2. The van der Waals surface area contributed by atoms with E-state index in [0.29, 0.717) is 16.0 Å². The molecule has 7 nitrogen and oxygen atoms in total. The fourth-order valence-electron chi connectivity index (χ4n) is 1.93. The van der Waals surface area contributed by atoms with Crippen molar-refractivity contribution in [2.45, 2.75) is 13.8 Å². The summed E-state index contributed by atoms with van der Waals surface area (Å²) < 4.78 is 0. The lowest BCUT2D eigenvalue weighted by Crippen LogP contribution is -2.04. The van der Waals surface area contributed by atoms with E-state index in [4.69, 9.17) is 5.26 Å². The molecule has 2 N–H and O–H groups in total. The van der Waals surface area contributed by atoms with Crippen LogP contribution in [0.4, 0.5) is 16.0 Å². The Morgan fingerprint density at radius 1 is 1.29 bits per heavy atom. The van der Waals surface area contributed by atoms with Gasteiger partial charge in [-0.05, 0) is 19.1 Å². The molecule has 0 atom stereocenters. The van der Waals surface area contributed by atoms with Gasteiger partial charge in [-0.25, -0.2) is 15.0 Å². The number of pyridine rings is 1. The van der Waals surface area contributed by atoms with Crippen molar-refractivity contribution in [1.82, 2.24) is 15.0 Å². The average Bonchev–Trinajstić information content (AvgIpc) is 3.14. The average molecular weight is 356 g/mol. The molecule has 0 spiro atoms. The van der Waals surface area contributed by atoms with Crippen LogP contribution in [0.1, 0.15) is 18.3 Å². The maximum atomic E-state index is 11.1. The van der Waals surface area contributed by atoms with E-state index in [1.54, 1.807) is 18.3 Å². The Hall–Kier alpha value is -2.83. The van der Waals surface area contributed by atoms with Crippen molar-refractivity contribution < 1.29 is 4.79 Å². The molecule has 0 aromatic carbocycles. The summed E-state index contributed by atoms with van der Waals surface area (Å²) in [6.45, 7) is 3.33. The monoisotopic (exact) mass is 356 g/mol. The molecule has 0 aliphatic rings. The summed E-state index contributed by atoms with van der Waals surface area (Å²) in [6.07, 6.45) is 1.59. The first-order chi connectivity index (χ1) is 11.5. The van der Waals surface area contributed by atoms with Gasteiger partial charge in [0.2, 0.25) is 5.91 Å². The third-order valence-electron chi connectivity index (χ3n) is 2.95. The zero-order valence-corrected chi connectivity index (χ0v) is 14.5. The van der Waals surface area contributed by atoms with E-state index in [1.165, 1.54) is 29.6 Å². The largest absolute Gasteiger partial charge is 0.330 e. The molecule has 0 saturated carbocycles. The Kier molecular flexibility index (Phi) is 4.50. The van der Waals surface area contributed by atoms with E-state index in [-0.39, 0.29) is 5.91 Å². The normalized spacial score (nSPS) is 10.2. The molecule has 9 heteroatoms. The summed E-state index contributed by atoms with van der Waals surface area (Å²) in [4.78, 5) is 24.9. The van der Waals surface area contributed by atoms with Gasteiger partial charge in [-0.1, -0.05) is 11.3 Å². The molecule has 0 saturated heterocycles. The highest BCUT2D eigenvalue weighted by molar-refractivity contribution is 7.20. The van der Waals surface area contributed by atoms with Gasteiger partial charge in [0.1, 0.15) is 11.8 Å². The Bertz CT molecular complexity index is 922. The maximum Gasteiger partial charge on any atom is 0.223 e. The van der Waals surface area contributed by atoms with E-state index < -0.39 is 0 Å². The van der Waals surface area contributed by atoms with Gasteiger partial charge in [-0.3, -0.25) is 4.79 Å². The molecule has 3 aromatic heterocycles. The zero-order valence-electron chi connectivity index (χ0n) is 12.8. The minimum Gasteiger partial charge on any atom is -0.330 e. The minimum atomic E-state index is -0.149. The second kappa shape index (κ2) is 6.74. The number of rotatable bonds is 4. The molecule has 120 valence electrons. The SMILES string of the molecule is CC(=O)Nc1nc(C)c(-c2csc(Nc3ccc(C#N)nc3)n2)s1. The molecular weight excluding hydrogens is 344 g/mol. The molecule has 0 radical (unpaired) electrons. The van der Waals surface area contributed by atoms with Crippen LogP contribution < -0.4 is 10.6 Å². The van der Waals surface area contributed by atoms with Crippen molar-refractivity contribution in [3.63, 3.8) is 0 Å². The lowest BCUT2D eigenvalue weighted by atomic mass is 10.3. The highest BCUT2D eigenvalue weighted by atomic mass is 32.1. The molecule has 3 aromatic rings. The van der Waals surface area contributed by atoms with Crippen LogP contribution in [-0.4, -0.2) is 20.9 Å². The molecule has 0 fully saturated rings. The number of anilines is 3. The molecule has 0 bridgehead atoms. The molecule has 0 aliphatic heterocycles. The highest BCUT2D eigenvalue weighted by Crippen LogP contribution is 2.35. The Balaban J connectivity index is 1.79. The van der Waals surface area contributed by atoms with Crippen LogP contribution in [0.3, 0.4) is 0 Å². The molecule has 3 heterocycles. The van der Waals surface area contributed by atoms with E-state index in [2.05, 4.69) is 25.6 Å². The van der Waals surface area contributed by atoms with Crippen LogP contribution in [0.5, 0.6) is 0 Å². The van der Waals surface area contributed by atoms with Gasteiger partial charge < -0.3 is 10.6 Å². The lowest BCUT2D eigenvalue weighted by molar-refractivity contribution is -0.114. The predicted octanol–water partition coefficient (Wildman–Crippen LogP) is 3.54. The number of carbonyl (C=O) groups is 1. The number of carbonyl (C=O) groups excluding carboxylic acids is 1. The van der Waals surface area contributed by atoms with Gasteiger partial charge in [0, 0.05) is 12.3 Å². The summed E-state index contributed by atoms with van der Waals surface area (Å²) in [5.74, 6) is -0.149. The van der Waals surface area contributed by atoms with Gasteiger partial charge in [-0.2, -0.15) is 5.26 Å². The minimum absolute atomic E-state index is 0.149. The quantitative estimate of drug-likeness (QED) is 0.741. The van der Waals surface area contributed by atoms with Crippen molar-refractivity contribution in [1.29, 1.82) is 5.26 Å². The zero-order chi connectivity index (χ0) is 17.1. The van der Waals surface area contributed by atoms with Crippen molar-refractivity contribution in [3.05, 3.63) is 35.1 Å². The first-order valence-corrected chi connectivity index (χ1v) is 8.59. The van der Waals surface area contributed by atoms with Crippen LogP contribution in [0.15, 0.2) is 23.7 Å². The molecule has 0 unspecified atom stereocenters. The van der Waals surface area contributed by atoms with Crippen molar-refractivity contribution >= 4 is 44.5 Å². The van der Waals surface area contributed by atoms with Gasteiger partial charge in [-0.15, -0.1) is 11.3 Å². The van der Waals surface area contributed by atoms with Crippen molar-refractivity contribution in [2.75, 3.05) is 10.6 Å². The molecule has 24 heavy (non-hydrogen) atoms. The Morgan fingerprint density at radius 2 is 2.12 bits per heavy atom. The molecule has 1 amide bonds. The van der Waals surface area contributed by atoms with Gasteiger partial charge >= 0.3 is 0 Å². The third-order valence-corrected chi connectivity index (χ3v) is 4.80. The van der Waals surface area contributed by atoms with Crippen LogP contribution in [0.2, 0.25) is 0 Å². The van der Waals surface area contributed by atoms with E-state index in [1.807, 2.05) is 18.4 Å². The van der Waals surface area contributed by atoms with Crippen LogP contribution in [0, 0.1) is 18.3 Å². The molecule has 0 aliphatic carbocycles. The third kappa shape index (κ3) is 3.56. The topological polar surface area (TPSA) is 104 Å². The number of nitrogens with one attached hydrogen (secondary N) is 2. The summed E-state index contributed by atoms with van der Waals surface area (Å²) in [7, 11) is 0. The maximum absolute atomic E-state index is 11.1. The van der Waals surface area contributed by atoms with Crippen molar-refractivity contribution in [2.24, 2.45) is 0 Å². The number of amides is 1. The number of nitrogens with zero attached hydrogens (tertiary/aromatic N) is 4. The van der Waals surface area contributed by atoms with Crippen LogP contribution in [0.25, 0.3) is 10.6 Å². The van der Waals surface area contributed by atoms with Crippen molar-refractivity contribution in [3.8, 4) is 16.6 Å². The smallest absolute Gasteiger partial charge is 0.223 e. The number of thiazole rings is 2. The highest BCUT2D eigenvalue weighted by Gasteiger charge is 2.14. The lowest BCUT2D eigenvalue weighted by Gasteiger charge is -2.00. The second-order valence-electron chi connectivity index (χ2n) is 4.82. The first kappa shape index (κ1) is 16.0. The van der Waals surface area contributed by atoms with E-state index >= 15 is 0 Å². The summed E-state index contributed by atoms with van der Waals surface area (Å²) in [5.41, 5.74) is 2.75. The van der Waals surface area contributed by atoms with E-state index in [9.17, 15) is 4.79 Å². The van der Waals surface area contributed by atoms with Gasteiger partial charge in [0.15, 0.2) is 10.3 Å². The predicted molar refractivity (Wildman–Crippen MR) is 94.5 cm³/mol. The Morgan fingerprint density at radius 3 is 2.79 bits per heavy atom. The molecule has 3 rings (SSSR count). The first-order valence-electron chi connectivity index (χ1n) is 6.89. The summed E-state index contributed by atoms with van der Waals surface area (Å²) >= 11 is 2.85. The number of nitriles is 1. The summed E-state index contributed by atoms with van der Waals surface area (Å²) in [6, 6.07) is 5.40. The second-order valence-corrected chi connectivity index (χ2v) is 6.68. The number of hydrogen-bond acceptors (Lipinski definition) is 8. The van der Waals surface area contributed by atoms with Crippen LogP contribution in [-0.2, 0) is 4.79 Å². The standard InChI is InChI=1S/C15H12N6OS2/c1-8-13(24-15(18-8)19-9(2)22)12-7-23-14(21-12)20-11-4-3-10(5-16)17-6-11/h3-4,6-7H,1-2H3,(H,20,21)(H,18,19,22). The number of aromatic nitrogens is 3. The van der Waals surface area contributed by atoms with Gasteiger partial charge in [0.05, 0.1) is 28.1 Å². The van der Waals surface area contributed by atoms with Crippen LogP contribution >= 0.6 is 22.7 Å². The van der Waals surface area contributed by atoms with Gasteiger partial charge in [0.25, 0.3) is 0 Å². The fraction of sp³-hybridized carbons (Fsp3) is 0.133.